The number of hydrogen-bond acceptors (Lipinski definition) is 3. The Bertz CT molecular complexity index is 545. The lowest BCUT2D eigenvalue weighted by Gasteiger charge is -2.31. The molecule has 0 saturated carbocycles. The summed E-state index contributed by atoms with van der Waals surface area (Å²) in [7, 11) is 0. The van der Waals surface area contributed by atoms with Crippen LogP contribution in [0.1, 0.15) is 24.5 Å². The molecule has 18 heavy (non-hydrogen) atoms. The smallest absolute Gasteiger partial charge is 0.155 e. The monoisotopic (exact) mass is 242 g/mol. The number of pyridine rings is 1. The Morgan fingerprint density at radius 1 is 1.50 bits per heavy atom. The van der Waals surface area contributed by atoms with Crippen LogP contribution >= 0.6 is 0 Å². The molecule has 0 aliphatic carbocycles. The van der Waals surface area contributed by atoms with Gasteiger partial charge in [0, 0.05) is 30.1 Å². The molecule has 1 saturated heterocycles. The van der Waals surface area contributed by atoms with E-state index in [9.17, 15) is 0 Å². The summed E-state index contributed by atoms with van der Waals surface area (Å²) in [4.78, 5) is 7.13. The largest absolute Gasteiger partial charge is 0.299 e. The van der Waals surface area contributed by atoms with E-state index in [1.54, 1.807) is 0 Å². The lowest BCUT2D eigenvalue weighted by molar-refractivity contribution is 0.226. The van der Waals surface area contributed by atoms with E-state index in [0.29, 0.717) is 5.92 Å². The number of H-pyrrole nitrogens is 1. The molecule has 0 radical (unpaired) electrons. The first-order valence-electron chi connectivity index (χ1n) is 6.50. The van der Waals surface area contributed by atoms with Gasteiger partial charge in [-0.2, -0.15) is 5.10 Å². The van der Waals surface area contributed by atoms with Gasteiger partial charge in [0.1, 0.15) is 0 Å². The summed E-state index contributed by atoms with van der Waals surface area (Å²) >= 11 is 0. The zero-order valence-electron chi connectivity index (χ0n) is 10.5. The summed E-state index contributed by atoms with van der Waals surface area (Å²) in [6.45, 7) is 7.05. The number of hydrogen-bond donors (Lipinski definition) is 1. The van der Waals surface area contributed by atoms with Gasteiger partial charge in [-0.15, -0.1) is 6.58 Å². The SMILES string of the molecule is C=CCN1CCCC(c2ccc3cn[nH]c3n2)C1. The van der Waals surface area contributed by atoms with Crippen LogP contribution in [-0.2, 0) is 0 Å². The molecule has 0 aromatic carbocycles. The number of aromatic amines is 1. The summed E-state index contributed by atoms with van der Waals surface area (Å²) in [5, 5.41) is 8.05. The molecule has 1 N–H and O–H groups in total. The number of rotatable bonds is 3. The van der Waals surface area contributed by atoms with Gasteiger partial charge in [-0.05, 0) is 31.5 Å². The number of fused-ring (bicyclic) bond motifs is 1. The van der Waals surface area contributed by atoms with Gasteiger partial charge >= 0.3 is 0 Å². The summed E-state index contributed by atoms with van der Waals surface area (Å²) in [5.74, 6) is 0.534. The summed E-state index contributed by atoms with van der Waals surface area (Å²) < 4.78 is 0. The summed E-state index contributed by atoms with van der Waals surface area (Å²) in [5.41, 5.74) is 2.08. The highest BCUT2D eigenvalue weighted by molar-refractivity contribution is 5.73. The average Bonchev–Trinajstić information content (AvgIpc) is 2.86. The number of aromatic nitrogens is 3. The molecule has 3 rings (SSSR count). The highest BCUT2D eigenvalue weighted by Gasteiger charge is 2.21. The zero-order chi connectivity index (χ0) is 12.4. The fourth-order valence-corrected chi connectivity index (χ4v) is 2.71. The van der Waals surface area contributed by atoms with Crippen LogP contribution in [0.15, 0.2) is 31.0 Å². The van der Waals surface area contributed by atoms with Gasteiger partial charge in [0.2, 0.25) is 0 Å². The van der Waals surface area contributed by atoms with Crippen molar-refractivity contribution in [1.82, 2.24) is 20.1 Å². The van der Waals surface area contributed by atoms with Gasteiger partial charge in [-0.25, -0.2) is 4.98 Å². The second kappa shape index (κ2) is 4.90. The Labute approximate surface area is 107 Å². The van der Waals surface area contributed by atoms with E-state index in [4.69, 9.17) is 0 Å². The van der Waals surface area contributed by atoms with Crippen LogP contribution in [0.4, 0.5) is 0 Å². The summed E-state index contributed by atoms with van der Waals surface area (Å²) in [6.07, 6.45) is 6.26. The van der Waals surface area contributed by atoms with Gasteiger partial charge in [0.15, 0.2) is 5.65 Å². The van der Waals surface area contributed by atoms with E-state index in [-0.39, 0.29) is 0 Å². The molecule has 1 fully saturated rings. The van der Waals surface area contributed by atoms with Gasteiger partial charge < -0.3 is 0 Å². The number of nitrogens with zero attached hydrogens (tertiary/aromatic N) is 3. The molecule has 1 unspecified atom stereocenters. The Morgan fingerprint density at radius 3 is 3.33 bits per heavy atom. The van der Waals surface area contributed by atoms with E-state index < -0.39 is 0 Å². The third kappa shape index (κ3) is 2.16. The van der Waals surface area contributed by atoms with E-state index in [1.165, 1.54) is 25.1 Å². The van der Waals surface area contributed by atoms with Crippen molar-refractivity contribution in [2.45, 2.75) is 18.8 Å². The minimum absolute atomic E-state index is 0.534. The molecule has 4 heteroatoms. The third-order valence-corrected chi connectivity index (χ3v) is 3.63. The highest BCUT2D eigenvalue weighted by Crippen LogP contribution is 2.26. The molecule has 0 amide bonds. The molecule has 0 bridgehead atoms. The highest BCUT2D eigenvalue weighted by atomic mass is 15.1. The zero-order valence-corrected chi connectivity index (χ0v) is 10.5. The van der Waals surface area contributed by atoms with Crippen LogP contribution in [0.5, 0.6) is 0 Å². The molecule has 2 aromatic heterocycles. The molecule has 1 atom stereocenters. The van der Waals surface area contributed by atoms with E-state index in [0.717, 1.165) is 24.1 Å². The lowest BCUT2D eigenvalue weighted by atomic mass is 9.94. The molecule has 4 nitrogen and oxygen atoms in total. The molecule has 3 heterocycles. The van der Waals surface area contributed by atoms with Crippen LogP contribution < -0.4 is 0 Å². The molecule has 1 aliphatic rings. The second-order valence-electron chi connectivity index (χ2n) is 4.93. The van der Waals surface area contributed by atoms with Crippen molar-refractivity contribution in [2.24, 2.45) is 0 Å². The van der Waals surface area contributed by atoms with Crippen molar-refractivity contribution < 1.29 is 0 Å². The van der Waals surface area contributed by atoms with E-state index in [1.807, 2.05) is 12.3 Å². The van der Waals surface area contributed by atoms with Crippen LogP contribution in [0.2, 0.25) is 0 Å². The van der Waals surface area contributed by atoms with Gasteiger partial charge in [-0.3, -0.25) is 10.00 Å². The van der Waals surface area contributed by atoms with Crippen LogP contribution in [-0.4, -0.2) is 39.7 Å². The Kier molecular flexibility index (Phi) is 3.11. The maximum atomic E-state index is 4.68. The van der Waals surface area contributed by atoms with Crippen molar-refractivity contribution in [3.63, 3.8) is 0 Å². The standard InChI is InChI=1S/C14H18N4/c1-2-7-18-8-3-4-12(10-18)13-6-5-11-9-15-17-14(11)16-13/h2,5-6,9,12H,1,3-4,7-8,10H2,(H,15,16,17). The van der Waals surface area contributed by atoms with E-state index >= 15 is 0 Å². The average molecular weight is 242 g/mol. The fraction of sp³-hybridized carbons (Fsp3) is 0.429. The minimum Gasteiger partial charge on any atom is -0.299 e. The molecule has 94 valence electrons. The minimum atomic E-state index is 0.534. The molecule has 1 aliphatic heterocycles. The number of likely N-dealkylation sites (tertiary alicyclic amines) is 1. The lowest BCUT2D eigenvalue weighted by Crippen LogP contribution is -2.34. The topological polar surface area (TPSA) is 44.8 Å². The Balaban J connectivity index is 1.82. The predicted octanol–water partition coefficient (Wildman–Crippen LogP) is 2.32. The quantitative estimate of drug-likeness (QED) is 0.840. The van der Waals surface area contributed by atoms with Crippen molar-refractivity contribution in [1.29, 1.82) is 0 Å². The van der Waals surface area contributed by atoms with Gasteiger partial charge in [0.05, 0.1) is 6.20 Å². The molecule has 2 aromatic rings. The third-order valence-electron chi connectivity index (χ3n) is 3.63. The summed E-state index contributed by atoms with van der Waals surface area (Å²) in [6, 6.07) is 4.24. The van der Waals surface area contributed by atoms with Crippen LogP contribution in [0.25, 0.3) is 11.0 Å². The van der Waals surface area contributed by atoms with Crippen LogP contribution in [0, 0.1) is 0 Å². The first-order chi connectivity index (χ1) is 8.86. The molecule has 0 spiro atoms. The van der Waals surface area contributed by atoms with Crippen molar-refractivity contribution in [2.75, 3.05) is 19.6 Å². The van der Waals surface area contributed by atoms with Gasteiger partial charge in [-0.1, -0.05) is 6.08 Å². The van der Waals surface area contributed by atoms with Crippen molar-refractivity contribution >= 4 is 11.0 Å². The predicted molar refractivity (Wildman–Crippen MR) is 72.5 cm³/mol. The van der Waals surface area contributed by atoms with E-state index in [2.05, 4.69) is 38.8 Å². The van der Waals surface area contributed by atoms with Crippen LogP contribution in [0.3, 0.4) is 0 Å². The van der Waals surface area contributed by atoms with Gasteiger partial charge in [0.25, 0.3) is 0 Å². The molecular formula is C14H18N4. The Hall–Kier alpha value is -1.68. The number of piperidine rings is 1. The first kappa shape index (κ1) is 11.4. The second-order valence-corrected chi connectivity index (χ2v) is 4.93. The fourth-order valence-electron chi connectivity index (χ4n) is 2.71. The maximum Gasteiger partial charge on any atom is 0.155 e. The van der Waals surface area contributed by atoms with Crippen molar-refractivity contribution in [3.05, 3.63) is 36.7 Å². The van der Waals surface area contributed by atoms with Crippen molar-refractivity contribution in [3.8, 4) is 0 Å². The first-order valence-corrected chi connectivity index (χ1v) is 6.50. The molecular weight excluding hydrogens is 224 g/mol. The maximum absolute atomic E-state index is 4.68. The normalized spacial score (nSPS) is 21.2. The Morgan fingerprint density at radius 2 is 2.44 bits per heavy atom. The number of nitrogens with one attached hydrogen (secondary N) is 1.